The van der Waals surface area contributed by atoms with Gasteiger partial charge in [0.05, 0.1) is 5.52 Å². The van der Waals surface area contributed by atoms with Crippen molar-refractivity contribution in [3.63, 3.8) is 0 Å². The summed E-state index contributed by atoms with van der Waals surface area (Å²) in [7, 11) is 0. The van der Waals surface area contributed by atoms with Crippen LogP contribution in [0.4, 0.5) is 10.2 Å². The second-order valence-electron chi connectivity index (χ2n) is 4.61. The molecule has 0 bridgehead atoms. The van der Waals surface area contributed by atoms with E-state index in [1.807, 2.05) is 31.2 Å². The number of hydrogen-bond acceptors (Lipinski definition) is 3. The fourth-order valence-electron chi connectivity index (χ4n) is 2.12. The van der Waals surface area contributed by atoms with E-state index in [1.165, 1.54) is 12.1 Å². The normalized spacial score (nSPS) is 10.9. The molecule has 0 spiro atoms. The number of nitrogen functional groups attached to an aromatic ring is 1. The molecule has 0 aliphatic carbocycles. The molecule has 0 aliphatic rings. The summed E-state index contributed by atoms with van der Waals surface area (Å²) in [5, 5.41) is 0.774. The summed E-state index contributed by atoms with van der Waals surface area (Å²) in [6.45, 7) is 1.83. The number of hydrogen-bond donors (Lipinski definition) is 1. The topological polar surface area (TPSA) is 51.8 Å². The zero-order valence-corrected chi connectivity index (χ0v) is 12.3. The van der Waals surface area contributed by atoms with Gasteiger partial charge in [0.1, 0.15) is 11.6 Å². The van der Waals surface area contributed by atoms with E-state index in [0.29, 0.717) is 17.2 Å². The molecule has 2 aromatic carbocycles. The first-order valence-corrected chi connectivity index (χ1v) is 6.82. The van der Waals surface area contributed by atoms with Crippen LogP contribution in [-0.4, -0.2) is 9.97 Å². The highest BCUT2D eigenvalue weighted by Crippen LogP contribution is 2.26. The Morgan fingerprint density at radius 1 is 1.10 bits per heavy atom. The molecule has 0 fully saturated rings. The number of halogens is 2. The van der Waals surface area contributed by atoms with Gasteiger partial charge in [0.25, 0.3) is 0 Å². The first-order chi connectivity index (χ1) is 9.52. The third kappa shape index (κ3) is 2.36. The molecule has 0 amide bonds. The quantitative estimate of drug-likeness (QED) is 0.730. The molecule has 1 heterocycles. The molecule has 0 unspecified atom stereocenters. The van der Waals surface area contributed by atoms with E-state index in [1.54, 1.807) is 0 Å². The smallest absolute Gasteiger partial charge is 0.162 e. The highest BCUT2D eigenvalue weighted by Gasteiger charge is 2.09. The van der Waals surface area contributed by atoms with Crippen LogP contribution in [0, 0.1) is 12.7 Å². The largest absolute Gasteiger partial charge is 0.383 e. The summed E-state index contributed by atoms with van der Waals surface area (Å²) < 4.78 is 14.4. The van der Waals surface area contributed by atoms with Gasteiger partial charge in [-0.05, 0) is 48.9 Å². The van der Waals surface area contributed by atoms with Crippen molar-refractivity contribution in [3.8, 4) is 11.4 Å². The summed E-state index contributed by atoms with van der Waals surface area (Å²) in [4.78, 5) is 8.73. The Morgan fingerprint density at radius 3 is 2.65 bits per heavy atom. The summed E-state index contributed by atoms with van der Waals surface area (Å²) in [6.07, 6.45) is 0. The van der Waals surface area contributed by atoms with Crippen molar-refractivity contribution in [2.75, 3.05) is 5.73 Å². The van der Waals surface area contributed by atoms with Gasteiger partial charge in [-0.1, -0.05) is 15.9 Å². The minimum Gasteiger partial charge on any atom is -0.383 e. The number of benzene rings is 2. The Balaban J connectivity index is 2.24. The summed E-state index contributed by atoms with van der Waals surface area (Å²) in [6, 6.07) is 10.3. The molecule has 0 saturated heterocycles. The maximum atomic E-state index is 13.5. The van der Waals surface area contributed by atoms with Crippen molar-refractivity contribution in [2.45, 2.75) is 6.92 Å². The number of nitrogens with zero attached hydrogens (tertiary/aromatic N) is 2. The van der Waals surface area contributed by atoms with Crippen LogP contribution >= 0.6 is 15.9 Å². The van der Waals surface area contributed by atoms with Gasteiger partial charge in [-0.15, -0.1) is 0 Å². The van der Waals surface area contributed by atoms with E-state index in [-0.39, 0.29) is 5.82 Å². The van der Waals surface area contributed by atoms with E-state index < -0.39 is 0 Å². The Bertz CT molecular complexity index is 797. The second kappa shape index (κ2) is 4.83. The minimum absolute atomic E-state index is 0.307. The predicted molar refractivity (Wildman–Crippen MR) is 81.8 cm³/mol. The van der Waals surface area contributed by atoms with Crippen LogP contribution < -0.4 is 5.73 Å². The van der Waals surface area contributed by atoms with Gasteiger partial charge in [0, 0.05) is 15.4 Å². The predicted octanol–water partition coefficient (Wildman–Crippen LogP) is 4.09. The first kappa shape index (κ1) is 13.0. The molecule has 1 aromatic heterocycles. The third-order valence-corrected chi connectivity index (χ3v) is 3.48. The molecule has 20 heavy (non-hydrogen) atoms. The van der Waals surface area contributed by atoms with Crippen molar-refractivity contribution < 1.29 is 4.39 Å². The van der Waals surface area contributed by atoms with Crippen molar-refractivity contribution in [2.24, 2.45) is 0 Å². The van der Waals surface area contributed by atoms with Gasteiger partial charge in [-0.25, -0.2) is 14.4 Å². The molecule has 0 saturated carbocycles. The SMILES string of the molecule is Cc1cc(F)cc(-c2nc(N)c3cc(Br)ccc3n2)c1. The minimum atomic E-state index is -0.307. The average Bonchev–Trinajstić information content (AvgIpc) is 2.38. The zero-order chi connectivity index (χ0) is 14.3. The molecule has 3 nitrogen and oxygen atoms in total. The van der Waals surface area contributed by atoms with Crippen LogP contribution in [0.3, 0.4) is 0 Å². The van der Waals surface area contributed by atoms with Crippen LogP contribution in [0.5, 0.6) is 0 Å². The number of aryl methyl sites for hydroxylation is 1. The monoisotopic (exact) mass is 331 g/mol. The molecule has 0 atom stereocenters. The van der Waals surface area contributed by atoms with Crippen molar-refractivity contribution in [3.05, 3.63) is 52.3 Å². The van der Waals surface area contributed by atoms with Gasteiger partial charge in [-0.2, -0.15) is 0 Å². The maximum absolute atomic E-state index is 13.5. The van der Waals surface area contributed by atoms with Gasteiger partial charge >= 0.3 is 0 Å². The Hall–Kier alpha value is -2.01. The van der Waals surface area contributed by atoms with E-state index >= 15 is 0 Å². The highest BCUT2D eigenvalue weighted by atomic mass is 79.9. The van der Waals surface area contributed by atoms with Crippen LogP contribution in [0.1, 0.15) is 5.56 Å². The fourth-order valence-corrected chi connectivity index (χ4v) is 2.48. The molecular formula is C15H11BrFN3. The Labute approximate surface area is 123 Å². The molecule has 0 radical (unpaired) electrons. The first-order valence-electron chi connectivity index (χ1n) is 6.03. The standard InChI is InChI=1S/C15H11BrFN3/c1-8-4-9(6-11(17)5-8)15-19-13-3-2-10(16)7-12(13)14(18)20-15/h2-7H,1H3,(H2,18,19,20). The van der Waals surface area contributed by atoms with E-state index in [2.05, 4.69) is 25.9 Å². The van der Waals surface area contributed by atoms with Gasteiger partial charge in [-0.3, -0.25) is 0 Å². The molecule has 5 heteroatoms. The highest BCUT2D eigenvalue weighted by molar-refractivity contribution is 9.10. The Kier molecular flexibility index (Phi) is 3.14. The summed E-state index contributed by atoms with van der Waals surface area (Å²) in [5.41, 5.74) is 8.15. The lowest BCUT2D eigenvalue weighted by Crippen LogP contribution is -1.98. The van der Waals surface area contributed by atoms with Crippen LogP contribution in [0.25, 0.3) is 22.3 Å². The van der Waals surface area contributed by atoms with Gasteiger partial charge in [0.15, 0.2) is 5.82 Å². The molecule has 3 rings (SSSR count). The third-order valence-electron chi connectivity index (χ3n) is 2.99. The number of nitrogens with two attached hydrogens (primary N) is 1. The number of aromatic nitrogens is 2. The van der Waals surface area contributed by atoms with Gasteiger partial charge < -0.3 is 5.73 Å². The molecule has 0 aliphatic heterocycles. The summed E-state index contributed by atoms with van der Waals surface area (Å²) >= 11 is 3.39. The van der Waals surface area contributed by atoms with E-state index in [0.717, 1.165) is 20.9 Å². The van der Waals surface area contributed by atoms with Gasteiger partial charge in [0.2, 0.25) is 0 Å². The maximum Gasteiger partial charge on any atom is 0.162 e. The molecular weight excluding hydrogens is 321 g/mol. The average molecular weight is 332 g/mol. The molecule has 100 valence electrons. The van der Waals surface area contributed by atoms with Crippen molar-refractivity contribution in [1.29, 1.82) is 0 Å². The lowest BCUT2D eigenvalue weighted by molar-refractivity contribution is 0.627. The van der Waals surface area contributed by atoms with E-state index in [9.17, 15) is 4.39 Å². The van der Waals surface area contributed by atoms with Crippen LogP contribution in [0.15, 0.2) is 40.9 Å². The lowest BCUT2D eigenvalue weighted by Gasteiger charge is -2.07. The second-order valence-corrected chi connectivity index (χ2v) is 5.53. The molecule has 3 aromatic rings. The Morgan fingerprint density at radius 2 is 1.90 bits per heavy atom. The number of rotatable bonds is 1. The van der Waals surface area contributed by atoms with E-state index in [4.69, 9.17) is 5.73 Å². The number of anilines is 1. The van der Waals surface area contributed by atoms with Crippen LogP contribution in [0.2, 0.25) is 0 Å². The molecule has 2 N–H and O–H groups in total. The lowest BCUT2D eigenvalue weighted by atomic mass is 10.1. The fraction of sp³-hybridized carbons (Fsp3) is 0.0667. The van der Waals surface area contributed by atoms with Crippen molar-refractivity contribution in [1.82, 2.24) is 9.97 Å². The zero-order valence-electron chi connectivity index (χ0n) is 10.7. The number of fused-ring (bicyclic) bond motifs is 1. The van der Waals surface area contributed by atoms with Crippen molar-refractivity contribution >= 4 is 32.7 Å². The summed E-state index contributed by atoms with van der Waals surface area (Å²) in [5.74, 6) is 0.506. The van der Waals surface area contributed by atoms with Crippen LogP contribution in [-0.2, 0) is 0 Å².